The number of hydrogen-bond acceptors (Lipinski definition) is 3. The summed E-state index contributed by atoms with van der Waals surface area (Å²) in [5.41, 5.74) is 22.1. The largest absolute Gasteiger partial charge is 0.309 e. The molecule has 0 aliphatic rings. The van der Waals surface area contributed by atoms with Crippen LogP contribution in [0.1, 0.15) is 11.1 Å². The second kappa shape index (κ2) is 22.6. The van der Waals surface area contributed by atoms with Crippen molar-refractivity contribution >= 4 is 141 Å². The smallest absolute Gasteiger partial charge is 0.0998 e. The molecule has 0 saturated heterocycles. The Morgan fingerprint density at radius 2 is 0.520 bits per heavy atom. The monoisotopic (exact) mass is 1290 g/mol. The molecular formula is C92H55N7S. The van der Waals surface area contributed by atoms with Crippen LogP contribution in [-0.2, 0) is 0 Å². The van der Waals surface area contributed by atoms with E-state index in [4.69, 9.17) is 0 Å². The first-order valence-electron chi connectivity index (χ1n) is 33.7. The lowest BCUT2D eigenvalue weighted by atomic mass is 9.99. The van der Waals surface area contributed by atoms with Gasteiger partial charge in [-0.2, -0.15) is 10.5 Å². The van der Waals surface area contributed by atoms with Crippen LogP contribution in [0.4, 0.5) is 0 Å². The Bertz CT molecular complexity index is 6930. The summed E-state index contributed by atoms with van der Waals surface area (Å²) in [7, 11) is 0. The van der Waals surface area contributed by atoms with Gasteiger partial charge in [0.25, 0.3) is 0 Å². The van der Waals surface area contributed by atoms with Crippen molar-refractivity contribution in [2.24, 2.45) is 0 Å². The summed E-state index contributed by atoms with van der Waals surface area (Å²) in [6, 6.07) is 123. The van der Waals surface area contributed by atoms with Gasteiger partial charge in [-0.05, 0) is 150 Å². The van der Waals surface area contributed by atoms with Crippen LogP contribution in [0.25, 0.3) is 180 Å². The molecule has 21 aromatic rings. The molecule has 100 heavy (non-hydrogen) atoms. The van der Waals surface area contributed by atoms with E-state index in [2.05, 4.69) is 356 Å². The molecule has 0 atom stereocenters. The lowest BCUT2D eigenvalue weighted by Crippen LogP contribution is -1.97. The number of nitriles is 2. The quantitative estimate of drug-likeness (QED) is 0.159. The molecule has 7 nitrogen and oxygen atoms in total. The van der Waals surface area contributed by atoms with E-state index in [1.807, 2.05) is 23.5 Å². The summed E-state index contributed by atoms with van der Waals surface area (Å²) < 4.78 is 14.3. The molecule has 0 amide bonds. The van der Waals surface area contributed by atoms with E-state index in [9.17, 15) is 10.5 Å². The highest BCUT2D eigenvalue weighted by Gasteiger charge is 2.23. The van der Waals surface area contributed by atoms with Crippen LogP contribution in [0.2, 0.25) is 0 Å². The summed E-state index contributed by atoms with van der Waals surface area (Å²) in [4.78, 5) is 0. The SMILES string of the molecule is N#Cc1cc(-n2c3ccccc3c3ccccc32)ccc1-c1ccc(-n2c3ccccc3c3c4c5ccccc5n(-c5ccccc5)c4ccc32)cc1.N#Cc1cc(-n2c3ccccc3c3ccccc32)ccc1-c1ccc(-n2c3ccccc3c3c4sc5ccccc5c4ccc32)cc1. The number of thiophene rings is 1. The maximum Gasteiger partial charge on any atom is 0.0998 e. The van der Waals surface area contributed by atoms with Gasteiger partial charge in [-0.25, -0.2) is 0 Å². The van der Waals surface area contributed by atoms with Crippen LogP contribution in [0, 0.1) is 22.7 Å². The molecule has 0 fully saturated rings. The van der Waals surface area contributed by atoms with Crippen LogP contribution in [0.5, 0.6) is 0 Å². The summed E-state index contributed by atoms with van der Waals surface area (Å²) >= 11 is 1.87. The van der Waals surface area contributed by atoms with Gasteiger partial charge >= 0.3 is 0 Å². The van der Waals surface area contributed by atoms with Crippen molar-refractivity contribution in [3.63, 3.8) is 0 Å². The fourth-order valence-corrected chi connectivity index (χ4v) is 17.4. The van der Waals surface area contributed by atoms with Crippen LogP contribution in [0.15, 0.2) is 334 Å². The third kappa shape index (κ3) is 8.55. The van der Waals surface area contributed by atoms with Crippen LogP contribution in [0.3, 0.4) is 0 Å². The molecule has 0 bridgehead atoms. The number of benzene rings is 15. The van der Waals surface area contributed by atoms with Crippen molar-refractivity contribution in [3.8, 4) is 62.8 Å². The van der Waals surface area contributed by atoms with Crippen LogP contribution in [-0.4, -0.2) is 22.8 Å². The summed E-state index contributed by atoms with van der Waals surface area (Å²) in [6.45, 7) is 0. The van der Waals surface area contributed by atoms with Crippen LogP contribution >= 0.6 is 11.3 Å². The molecule has 0 spiro atoms. The van der Waals surface area contributed by atoms with Crippen LogP contribution < -0.4 is 0 Å². The lowest BCUT2D eigenvalue weighted by molar-refractivity contribution is 1.17. The summed E-state index contributed by atoms with van der Waals surface area (Å²) in [5.74, 6) is 0. The molecule has 8 heteroatoms. The van der Waals surface area contributed by atoms with Gasteiger partial charge < -0.3 is 22.8 Å². The molecular weight excluding hydrogens is 1240 g/mol. The summed E-state index contributed by atoms with van der Waals surface area (Å²) in [5, 5.41) is 35.8. The van der Waals surface area contributed by atoms with Gasteiger partial charge in [0.2, 0.25) is 0 Å². The van der Waals surface area contributed by atoms with Gasteiger partial charge in [0.15, 0.2) is 0 Å². The molecule has 0 radical (unpaired) electrons. The Labute approximate surface area is 577 Å². The topological polar surface area (TPSA) is 72.2 Å². The first-order chi connectivity index (χ1) is 49.6. The van der Waals surface area contributed by atoms with E-state index >= 15 is 0 Å². The van der Waals surface area contributed by atoms with Crippen molar-refractivity contribution in [2.75, 3.05) is 0 Å². The normalized spacial score (nSPS) is 11.8. The highest BCUT2D eigenvalue weighted by atomic mass is 32.1. The van der Waals surface area contributed by atoms with E-state index in [0.29, 0.717) is 11.1 Å². The molecule has 21 rings (SSSR count). The Hall–Kier alpha value is -13.5. The maximum atomic E-state index is 10.4. The van der Waals surface area contributed by atoms with E-state index in [1.54, 1.807) is 0 Å². The van der Waals surface area contributed by atoms with Crippen molar-refractivity contribution < 1.29 is 0 Å². The number of hydrogen-bond donors (Lipinski definition) is 0. The van der Waals surface area contributed by atoms with E-state index in [1.165, 1.54) is 96.1 Å². The summed E-state index contributed by atoms with van der Waals surface area (Å²) in [6.07, 6.45) is 0. The first kappa shape index (κ1) is 56.8. The first-order valence-corrected chi connectivity index (χ1v) is 34.5. The zero-order valence-electron chi connectivity index (χ0n) is 53.8. The fraction of sp³-hybridized carbons (Fsp3) is 0. The standard InChI is InChI=1S/C49H30N4.C43H25N3S/c50-31-33-30-36(53-42-18-8-4-14-38(42)39-15-5-9-19-43(39)53)26-27-37(33)32-22-24-35(25-23-32)52-45-21-11-7-17-41(45)49-47(52)29-28-46-48(49)40-16-6-10-20-44(40)51(46)34-12-2-1-3-13-34;44-26-28-25-30(46-37-13-5-1-9-32(37)33-10-2-6-14-38(33)46)21-22-31(28)27-17-19-29(20-18-27)45-39-15-7-3-12-36(39)42-40(45)24-23-35-34-11-4-8-16-41(34)47-43(35)42/h1-30H;1-25H. The van der Waals surface area contributed by atoms with E-state index < -0.39 is 0 Å². The van der Waals surface area contributed by atoms with Gasteiger partial charge in [-0.1, -0.05) is 206 Å². The number of para-hydroxylation sites is 8. The zero-order valence-corrected chi connectivity index (χ0v) is 54.6. The third-order valence-corrected chi connectivity index (χ3v) is 21.7. The molecule has 0 unspecified atom stereocenters. The Kier molecular flexibility index (Phi) is 12.8. The number of rotatable bonds is 7. The van der Waals surface area contributed by atoms with Crippen molar-refractivity contribution in [2.45, 2.75) is 0 Å². The average Bonchev–Trinajstić information content (AvgIpc) is 1.56. The molecule has 0 aliphatic heterocycles. The molecule has 0 N–H and O–H groups in total. The second-order valence-corrected chi connectivity index (χ2v) is 26.8. The highest BCUT2D eigenvalue weighted by Crippen LogP contribution is 2.46. The van der Waals surface area contributed by atoms with Gasteiger partial charge in [0.1, 0.15) is 0 Å². The van der Waals surface area contributed by atoms with Crippen molar-refractivity contribution in [1.82, 2.24) is 22.8 Å². The molecule has 0 aliphatic carbocycles. The molecule has 15 aromatic carbocycles. The third-order valence-electron chi connectivity index (χ3n) is 20.5. The van der Waals surface area contributed by atoms with E-state index in [-0.39, 0.29) is 0 Å². The molecule has 6 heterocycles. The Morgan fingerprint density at radius 1 is 0.220 bits per heavy atom. The van der Waals surface area contributed by atoms with Gasteiger partial charge in [-0.15, -0.1) is 11.3 Å². The lowest BCUT2D eigenvalue weighted by Gasteiger charge is -2.13. The predicted molar refractivity (Wildman–Crippen MR) is 418 cm³/mol. The van der Waals surface area contributed by atoms with Crippen molar-refractivity contribution in [3.05, 3.63) is 345 Å². The Morgan fingerprint density at radius 3 is 0.930 bits per heavy atom. The number of nitrogens with zero attached hydrogens (tertiary/aromatic N) is 7. The van der Waals surface area contributed by atoms with Gasteiger partial charge in [-0.3, -0.25) is 0 Å². The Balaban J connectivity index is 0.000000136. The minimum atomic E-state index is 0.645. The van der Waals surface area contributed by atoms with Gasteiger partial charge in [0, 0.05) is 102 Å². The molecule has 464 valence electrons. The number of fused-ring (bicyclic) bond motifs is 20. The highest BCUT2D eigenvalue weighted by molar-refractivity contribution is 7.26. The second-order valence-electron chi connectivity index (χ2n) is 25.7. The van der Waals surface area contributed by atoms with Gasteiger partial charge in [0.05, 0.1) is 78.4 Å². The zero-order chi connectivity index (χ0) is 66.1. The van der Waals surface area contributed by atoms with Crippen molar-refractivity contribution in [1.29, 1.82) is 10.5 Å². The fourth-order valence-electron chi connectivity index (χ4n) is 16.2. The number of aromatic nitrogens is 5. The molecule has 6 aromatic heterocycles. The minimum absolute atomic E-state index is 0.645. The maximum absolute atomic E-state index is 10.4. The predicted octanol–water partition coefficient (Wildman–Crippen LogP) is 24.3. The molecule has 0 saturated carbocycles. The average molecular weight is 1290 g/mol. The van der Waals surface area contributed by atoms with E-state index in [0.717, 1.165) is 83.8 Å². The minimum Gasteiger partial charge on any atom is -0.309 e.